The summed E-state index contributed by atoms with van der Waals surface area (Å²) in [7, 11) is -3.91. The second-order valence-corrected chi connectivity index (χ2v) is 5.87. The first-order valence-electron chi connectivity index (χ1n) is 5.34. The van der Waals surface area contributed by atoms with Crippen LogP contribution in [0.25, 0.3) is 0 Å². The van der Waals surface area contributed by atoms with E-state index in [1.54, 1.807) is 0 Å². The number of nitrogens with zero attached hydrogens (tertiary/aromatic N) is 1. The Bertz CT molecular complexity index is 530. The molecule has 0 saturated heterocycles. The fourth-order valence-electron chi connectivity index (χ4n) is 1.49. The van der Waals surface area contributed by atoms with Crippen LogP contribution in [0.4, 0.5) is 5.69 Å². The highest BCUT2D eigenvalue weighted by atomic mass is 32.2. The molecule has 0 aliphatic carbocycles. The molecule has 7 nitrogen and oxygen atoms in total. The first-order valence-corrected chi connectivity index (χ1v) is 6.89. The van der Waals surface area contributed by atoms with Crippen LogP contribution in [0, 0.1) is 10.1 Å². The Morgan fingerprint density at radius 2 is 1.94 bits per heavy atom. The Labute approximate surface area is 105 Å². The van der Waals surface area contributed by atoms with Crippen molar-refractivity contribution in [1.29, 1.82) is 0 Å². The molecule has 1 aromatic carbocycles. The summed E-state index contributed by atoms with van der Waals surface area (Å²) in [5.41, 5.74) is 10.4. The van der Waals surface area contributed by atoms with Crippen molar-refractivity contribution in [3.8, 4) is 0 Å². The van der Waals surface area contributed by atoms with E-state index in [1.807, 2.05) is 0 Å². The van der Waals surface area contributed by atoms with Gasteiger partial charge in [-0.1, -0.05) is 12.1 Å². The predicted octanol–water partition coefficient (Wildman–Crippen LogP) is 0.392. The van der Waals surface area contributed by atoms with Gasteiger partial charge < -0.3 is 11.5 Å². The maximum atomic E-state index is 12.1. The van der Waals surface area contributed by atoms with Crippen molar-refractivity contribution in [2.75, 3.05) is 6.54 Å². The van der Waals surface area contributed by atoms with Gasteiger partial charge in [-0.2, -0.15) is 0 Å². The molecule has 0 aliphatic rings. The van der Waals surface area contributed by atoms with Gasteiger partial charge in [0, 0.05) is 6.07 Å². The molecule has 0 saturated carbocycles. The summed E-state index contributed by atoms with van der Waals surface area (Å²) in [4.78, 5) is 9.70. The predicted molar refractivity (Wildman–Crippen MR) is 66.5 cm³/mol. The summed E-state index contributed by atoms with van der Waals surface area (Å²) < 4.78 is 24.2. The second-order valence-electron chi connectivity index (χ2n) is 3.74. The minimum absolute atomic E-state index is 0.172. The molecular weight excluding hydrogens is 258 g/mol. The number of sulfone groups is 1. The molecule has 0 aliphatic heterocycles. The first-order chi connectivity index (χ1) is 8.41. The van der Waals surface area contributed by atoms with Crippen molar-refractivity contribution in [3.05, 3.63) is 34.4 Å². The molecule has 1 atom stereocenters. The number of hydrogen-bond donors (Lipinski definition) is 2. The van der Waals surface area contributed by atoms with Crippen LogP contribution >= 0.6 is 0 Å². The molecule has 0 aromatic heterocycles. The minimum Gasteiger partial charge on any atom is -0.330 e. The summed E-state index contributed by atoms with van der Waals surface area (Å²) in [6, 6.07) is 5.16. The van der Waals surface area contributed by atoms with E-state index >= 15 is 0 Å². The maximum absolute atomic E-state index is 12.1. The largest absolute Gasteiger partial charge is 0.330 e. The van der Waals surface area contributed by atoms with Crippen LogP contribution in [-0.4, -0.2) is 25.3 Å². The maximum Gasteiger partial charge on any atom is 0.288 e. The van der Waals surface area contributed by atoms with Gasteiger partial charge in [-0.05, 0) is 25.5 Å². The van der Waals surface area contributed by atoms with E-state index in [1.165, 1.54) is 18.2 Å². The summed E-state index contributed by atoms with van der Waals surface area (Å²) in [5.74, 6) is 0. The lowest BCUT2D eigenvalue weighted by molar-refractivity contribution is -0.387. The zero-order valence-electron chi connectivity index (χ0n) is 9.65. The fraction of sp³-hybridized carbons (Fsp3) is 0.400. The van der Waals surface area contributed by atoms with Crippen LogP contribution in [0.1, 0.15) is 12.8 Å². The quantitative estimate of drug-likeness (QED) is 0.569. The molecule has 18 heavy (non-hydrogen) atoms. The van der Waals surface area contributed by atoms with Crippen LogP contribution in [0.3, 0.4) is 0 Å². The standard InChI is InChI=1S/C10H15N3O4S/c11-7-3-6-10(12)18(16,17)9-5-2-1-4-8(9)13(14)15/h1-2,4-5,10H,3,6-7,11-12H2. The van der Waals surface area contributed by atoms with Crippen LogP contribution in [0.5, 0.6) is 0 Å². The Kier molecular flexibility index (Phi) is 4.76. The zero-order chi connectivity index (χ0) is 13.8. The monoisotopic (exact) mass is 273 g/mol. The van der Waals surface area contributed by atoms with Gasteiger partial charge in [-0.25, -0.2) is 8.42 Å². The lowest BCUT2D eigenvalue weighted by atomic mass is 10.3. The highest BCUT2D eigenvalue weighted by Gasteiger charge is 2.30. The van der Waals surface area contributed by atoms with Gasteiger partial charge in [-0.15, -0.1) is 0 Å². The lowest BCUT2D eigenvalue weighted by Crippen LogP contribution is -2.31. The fourth-order valence-corrected chi connectivity index (χ4v) is 2.99. The third kappa shape index (κ3) is 3.03. The van der Waals surface area contributed by atoms with Gasteiger partial charge in [-0.3, -0.25) is 10.1 Å². The minimum atomic E-state index is -3.91. The molecule has 4 N–H and O–H groups in total. The van der Waals surface area contributed by atoms with Crippen molar-refractivity contribution in [3.63, 3.8) is 0 Å². The normalized spacial score (nSPS) is 13.2. The Hall–Kier alpha value is -1.51. The van der Waals surface area contributed by atoms with E-state index in [-0.39, 0.29) is 11.3 Å². The molecule has 0 radical (unpaired) electrons. The van der Waals surface area contributed by atoms with Crippen LogP contribution in [0.15, 0.2) is 29.2 Å². The number of benzene rings is 1. The summed E-state index contributed by atoms with van der Waals surface area (Å²) in [6.07, 6.45) is 0.617. The van der Waals surface area contributed by atoms with Crippen molar-refractivity contribution in [2.24, 2.45) is 11.5 Å². The average molecular weight is 273 g/mol. The summed E-state index contributed by atoms with van der Waals surface area (Å²) in [6.45, 7) is 0.320. The topological polar surface area (TPSA) is 129 Å². The van der Waals surface area contributed by atoms with Crippen molar-refractivity contribution in [1.82, 2.24) is 0 Å². The first kappa shape index (κ1) is 14.6. The molecular formula is C10H15N3O4S. The van der Waals surface area contributed by atoms with Crippen molar-refractivity contribution < 1.29 is 13.3 Å². The molecule has 0 bridgehead atoms. The van der Waals surface area contributed by atoms with E-state index in [2.05, 4.69) is 0 Å². The van der Waals surface area contributed by atoms with Gasteiger partial charge in [0.05, 0.1) is 4.92 Å². The van der Waals surface area contributed by atoms with Crippen molar-refractivity contribution in [2.45, 2.75) is 23.1 Å². The molecule has 1 rings (SSSR count). The molecule has 8 heteroatoms. The van der Waals surface area contributed by atoms with Gasteiger partial charge in [0.2, 0.25) is 9.84 Å². The third-order valence-electron chi connectivity index (χ3n) is 2.46. The number of nitro groups is 1. The third-order valence-corrected chi connectivity index (χ3v) is 4.45. The Morgan fingerprint density at radius 3 is 2.50 bits per heavy atom. The van der Waals surface area contributed by atoms with Crippen molar-refractivity contribution >= 4 is 15.5 Å². The van der Waals surface area contributed by atoms with Crippen LogP contribution in [0.2, 0.25) is 0 Å². The van der Waals surface area contributed by atoms with E-state index in [0.29, 0.717) is 13.0 Å². The SMILES string of the molecule is NCCCC(N)S(=O)(=O)c1ccccc1[N+](=O)[O-]. The Balaban J connectivity index is 3.16. The highest BCUT2D eigenvalue weighted by molar-refractivity contribution is 7.92. The molecule has 100 valence electrons. The number of nitrogens with two attached hydrogens (primary N) is 2. The molecule has 0 amide bonds. The smallest absolute Gasteiger partial charge is 0.288 e. The number of rotatable bonds is 6. The van der Waals surface area contributed by atoms with Gasteiger partial charge in [0.1, 0.15) is 10.3 Å². The summed E-state index contributed by atoms with van der Waals surface area (Å²) >= 11 is 0. The molecule has 0 heterocycles. The van der Waals surface area contributed by atoms with Crippen LogP contribution in [-0.2, 0) is 9.84 Å². The second kappa shape index (κ2) is 5.89. The number of hydrogen-bond acceptors (Lipinski definition) is 6. The lowest BCUT2D eigenvalue weighted by Gasteiger charge is -2.12. The highest BCUT2D eigenvalue weighted by Crippen LogP contribution is 2.26. The van der Waals surface area contributed by atoms with Gasteiger partial charge in [0.15, 0.2) is 0 Å². The van der Waals surface area contributed by atoms with E-state index in [9.17, 15) is 18.5 Å². The number of para-hydroxylation sites is 1. The molecule has 1 aromatic rings. The summed E-state index contributed by atoms with van der Waals surface area (Å²) in [5, 5.41) is 9.61. The van der Waals surface area contributed by atoms with E-state index < -0.39 is 25.8 Å². The zero-order valence-corrected chi connectivity index (χ0v) is 10.5. The van der Waals surface area contributed by atoms with E-state index in [4.69, 9.17) is 11.5 Å². The molecule has 0 spiro atoms. The van der Waals surface area contributed by atoms with Crippen LogP contribution < -0.4 is 11.5 Å². The van der Waals surface area contributed by atoms with Gasteiger partial charge >= 0.3 is 0 Å². The number of nitro benzene ring substituents is 1. The molecule has 0 fully saturated rings. The van der Waals surface area contributed by atoms with E-state index in [0.717, 1.165) is 6.07 Å². The Morgan fingerprint density at radius 1 is 1.33 bits per heavy atom. The van der Waals surface area contributed by atoms with Gasteiger partial charge in [0.25, 0.3) is 5.69 Å². The average Bonchev–Trinajstić information content (AvgIpc) is 2.35. The molecule has 1 unspecified atom stereocenters.